The highest BCUT2D eigenvalue weighted by atomic mass is 32.1. The van der Waals surface area contributed by atoms with Crippen LogP contribution in [0.2, 0.25) is 0 Å². The predicted molar refractivity (Wildman–Crippen MR) is 79.9 cm³/mol. The summed E-state index contributed by atoms with van der Waals surface area (Å²) in [6.45, 7) is 4.40. The molecule has 0 radical (unpaired) electrons. The van der Waals surface area contributed by atoms with Crippen molar-refractivity contribution in [1.82, 2.24) is 4.98 Å². The molecule has 0 aliphatic carbocycles. The predicted octanol–water partition coefficient (Wildman–Crippen LogP) is 3.05. The van der Waals surface area contributed by atoms with Crippen LogP contribution in [0.1, 0.15) is 6.42 Å². The van der Waals surface area contributed by atoms with E-state index in [2.05, 4.69) is 11.6 Å². The maximum atomic E-state index is 11.9. The van der Waals surface area contributed by atoms with Crippen LogP contribution in [0, 0.1) is 5.92 Å². The van der Waals surface area contributed by atoms with Crippen LogP contribution in [0.4, 0.5) is 5.13 Å². The third-order valence-corrected chi connectivity index (χ3v) is 4.24. The number of aromatic hydroxyl groups is 1. The Labute approximate surface area is 121 Å². The Hall–Kier alpha value is -2.14. The van der Waals surface area contributed by atoms with Crippen LogP contribution >= 0.6 is 11.3 Å². The van der Waals surface area contributed by atoms with Crippen molar-refractivity contribution in [3.8, 4) is 17.0 Å². The Morgan fingerprint density at radius 3 is 2.80 bits per heavy atom. The fourth-order valence-corrected chi connectivity index (χ4v) is 3.09. The summed E-state index contributed by atoms with van der Waals surface area (Å²) in [6.07, 6.45) is 2.34. The van der Waals surface area contributed by atoms with Gasteiger partial charge in [0.15, 0.2) is 5.13 Å². The Bertz CT molecular complexity index is 648. The number of hydrogen-bond acceptors (Lipinski definition) is 4. The largest absolute Gasteiger partial charge is 0.508 e. The molecule has 102 valence electrons. The van der Waals surface area contributed by atoms with Gasteiger partial charge < -0.3 is 5.11 Å². The smallest absolute Gasteiger partial charge is 0.229 e. The average Bonchev–Trinajstić information content (AvgIpc) is 3.06. The van der Waals surface area contributed by atoms with Crippen molar-refractivity contribution in [1.29, 1.82) is 0 Å². The van der Waals surface area contributed by atoms with Gasteiger partial charge in [0.25, 0.3) is 0 Å². The SMILES string of the molecule is C=CC1CC(=O)N(c2nc(-c3ccc(O)cc3)cs2)C1. The molecule has 1 N–H and O–H groups in total. The number of benzene rings is 1. The lowest BCUT2D eigenvalue weighted by molar-refractivity contribution is -0.117. The Kier molecular flexibility index (Phi) is 3.28. The molecule has 0 saturated carbocycles. The fraction of sp³-hybridized carbons (Fsp3) is 0.200. The molecule has 0 spiro atoms. The zero-order chi connectivity index (χ0) is 14.1. The quantitative estimate of drug-likeness (QED) is 0.882. The van der Waals surface area contributed by atoms with Gasteiger partial charge in [-0.25, -0.2) is 4.98 Å². The second kappa shape index (κ2) is 5.09. The van der Waals surface area contributed by atoms with Crippen molar-refractivity contribution in [3.63, 3.8) is 0 Å². The van der Waals surface area contributed by atoms with Crippen molar-refractivity contribution in [3.05, 3.63) is 42.3 Å². The van der Waals surface area contributed by atoms with Gasteiger partial charge in [-0.15, -0.1) is 17.9 Å². The third-order valence-electron chi connectivity index (χ3n) is 3.37. The maximum Gasteiger partial charge on any atom is 0.229 e. The molecule has 3 rings (SSSR count). The first-order valence-corrected chi connectivity index (χ1v) is 7.23. The van der Waals surface area contributed by atoms with Gasteiger partial charge in [0.05, 0.1) is 5.69 Å². The zero-order valence-electron chi connectivity index (χ0n) is 10.8. The summed E-state index contributed by atoms with van der Waals surface area (Å²) in [5.41, 5.74) is 1.75. The van der Waals surface area contributed by atoms with Crippen LogP contribution in [0.3, 0.4) is 0 Å². The van der Waals surface area contributed by atoms with Gasteiger partial charge in [-0.05, 0) is 24.3 Å². The lowest BCUT2D eigenvalue weighted by Crippen LogP contribution is -2.24. The number of nitrogens with zero attached hydrogens (tertiary/aromatic N) is 2. The highest BCUT2D eigenvalue weighted by Gasteiger charge is 2.30. The number of carbonyl (C=O) groups is 1. The van der Waals surface area contributed by atoms with Gasteiger partial charge in [0, 0.05) is 29.8 Å². The van der Waals surface area contributed by atoms with Crippen LogP contribution in [0.5, 0.6) is 5.75 Å². The fourth-order valence-electron chi connectivity index (χ4n) is 2.23. The van der Waals surface area contributed by atoms with Crippen LogP contribution < -0.4 is 4.90 Å². The van der Waals surface area contributed by atoms with E-state index in [4.69, 9.17) is 0 Å². The molecular weight excluding hydrogens is 272 g/mol. The molecular formula is C15H14N2O2S. The number of amides is 1. The van der Waals surface area contributed by atoms with E-state index >= 15 is 0 Å². The average molecular weight is 286 g/mol. The molecule has 1 aliphatic rings. The normalized spacial score (nSPS) is 18.5. The van der Waals surface area contributed by atoms with E-state index in [1.807, 2.05) is 23.6 Å². The first kappa shape index (κ1) is 12.9. The zero-order valence-corrected chi connectivity index (χ0v) is 11.6. The number of carbonyl (C=O) groups excluding carboxylic acids is 1. The van der Waals surface area contributed by atoms with E-state index in [-0.39, 0.29) is 17.6 Å². The third kappa shape index (κ3) is 2.32. The second-order valence-corrected chi connectivity index (χ2v) is 5.60. The molecule has 1 atom stereocenters. The number of anilines is 1. The first-order chi connectivity index (χ1) is 9.67. The number of hydrogen-bond donors (Lipinski definition) is 1. The number of rotatable bonds is 3. The first-order valence-electron chi connectivity index (χ1n) is 6.35. The van der Waals surface area contributed by atoms with E-state index in [9.17, 15) is 9.90 Å². The van der Waals surface area contributed by atoms with Crippen molar-refractivity contribution in [2.24, 2.45) is 5.92 Å². The van der Waals surface area contributed by atoms with E-state index in [1.54, 1.807) is 17.0 Å². The maximum absolute atomic E-state index is 11.9. The molecule has 1 unspecified atom stereocenters. The molecule has 1 aliphatic heterocycles. The van der Waals surface area contributed by atoms with Gasteiger partial charge in [-0.2, -0.15) is 0 Å². The van der Waals surface area contributed by atoms with Crippen LogP contribution in [-0.2, 0) is 4.79 Å². The minimum Gasteiger partial charge on any atom is -0.508 e. The van der Waals surface area contributed by atoms with Crippen LogP contribution in [0.25, 0.3) is 11.3 Å². The monoisotopic (exact) mass is 286 g/mol. The van der Waals surface area contributed by atoms with Gasteiger partial charge in [0.2, 0.25) is 5.91 Å². The Balaban J connectivity index is 1.85. The van der Waals surface area contributed by atoms with Crippen molar-refractivity contribution >= 4 is 22.4 Å². The molecule has 2 heterocycles. The number of aromatic nitrogens is 1. The molecule has 2 aromatic rings. The van der Waals surface area contributed by atoms with Crippen molar-refractivity contribution in [2.75, 3.05) is 11.4 Å². The summed E-state index contributed by atoms with van der Waals surface area (Å²) < 4.78 is 0. The molecule has 5 heteroatoms. The van der Waals surface area contributed by atoms with Gasteiger partial charge >= 0.3 is 0 Å². The summed E-state index contributed by atoms with van der Waals surface area (Å²) in [5, 5.41) is 11.9. The summed E-state index contributed by atoms with van der Waals surface area (Å²) in [7, 11) is 0. The molecule has 1 aromatic heterocycles. The highest BCUT2D eigenvalue weighted by Crippen LogP contribution is 2.32. The molecule has 20 heavy (non-hydrogen) atoms. The standard InChI is InChI=1S/C15H14N2O2S/c1-2-10-7-14(19)17(8-10)15-16-13(9-20-15)11-3-5-12(18)6-4-11/h2-6,9-10,18H,1,7-8H2. The van der Waals surface area contributed by atoms with E-state index in [0.29, 0.717) is 13.0 Å². The van der Waals surface area contributed by atoms with Gasteiger partial charge in [0.1, 0.15) is 5.75 Å². The number of phenolic OH excluding ortho intramolecular Hbond substituents is 1. The van der Waals surface area contributed by atoms with E-state index in [1.165, 1.54) is 11.3 Å². The van der Waals surface area contributed by atoms with E-state index in [0.717, 1.165) is 16.4 Å². The number of phenols is 1. The molecule has 1 amide bonds. The van der Waals surface area contributed by atoms with Crippen LogP contribution in [0.15, 0.2) is 42.3 Å². The molecule has 1 fully saturated rings. The Morgan fingerprint density at radius 2 is 2.15 bits per heavy atom. The molecule has 0 bridgehead atoms. The topological polar surface area (TPSA) is 53.4 Å². The van der Waals surface area contributed by atoms with Gasteiger partial charge in [-0.3, -0.25) is 9.69 Å². The van der Waals surface area contributed by atoms with Crippen LogP contribution in [-0.4, -0.2) is 22.5 Å². The minimum atomic E-state index is 0.0986. The Morgan fingerprint density at radius 1 is 1.40 bits per heavy atom. The lowest BCUT2D eigenvalue weighted by atomic mass is 10.1. The van der Waals surface area contributed by atoms with Crippen molar-refractivity contribution < 1.29 is 9.90 Å². The van der Waals surface area contributed by atoms with Crippen molar-refractivity contribution in [2.45, 2.75) is 6.42 Å². The van der Waals surface area contributed by atoms with Gasteiger partial charge in [-0.1, -0.05) is 6.08 Å². The van der Waals surface area contributed by atoms with E-state index < -0.39 is 0 Å². The molecule has 4 nitrogen and oxygen atoms in total. The highest BCUT2D eigenvalue weighted by molar-refractivity contribution is 7.14. The summed E-state index contributed by atoms with van der Waals surface area (Å²) in [6, 6.07) is 6.88. The number of thiazole rings is 1. The summed E-state index contributed by atoms with van der Waals surface area (Å²) >= 11 is 1.46. The lowest BCUT2D eigenvalue weighted by Gasteiger charge is -2.11. The minimum absolute atomic E-state index is 0.0986. The summed E-state index contributed by atoms with van der Waals surface area (Å²) in [4.78, 5) is 18.2. The summed E-state index contributed by atoms with van der Waals surface area (Å²) in [5.74, 6) is 0.540. The second-order valence-electron chi connectivity index (χ2n) is 4.77. The molecule has 1 aromatic carbocycles. The molecule has 1 saturated heterocycles.